The quantitative estimate of drug-likeness (QED) is 0.298. The van der Waals surface area contributed by atoms with Crippen molar-refractivity contribution in [3.8, 4) is 28.1 Å². The summed E-state index contributed by atoms with van der Waals surface area (Å²) >= 11 is 6.00. The molecule has 0 aliphatic heterocycles. The molecule has 162 valence electrons. The number of nitrogens with one attached hydrogen (secondary N) is 1. The zero-order chi connectivity index (χ0) is 22.8. The Kier molecular flexibility index (Phi) is 5.63. The monoisotopic (exact) mass is 455 g/mol. The van der Waals surface area contributed by atoms with E-state index >= 15 is 0 Å². The third kappa shape index (κ3) is 4.36. The van der Waals surface area contributed by atoms with Crippen LogP contribution in [0, 0.1) is 5.82 Å². The zero-order valence-electron chi connectivity index (χ0n) is 17.7. The molecule has 5 aromatic rings. The molecule has 4 nitrogen and oxygen atoms in total. The molecule has 0 bridgehead atoms. The number of fused-ring (bicyclic) bond motifs is 1. The van der Waals surface area contributed by atoms with Crippen LogP contribution in [0.25, 0.3) is 33.2 Å². The molecule has 0 radical (unpaired) electrons. The smallest absolute Gasteiger partial charge is 0.141 e. The first-order valence-electron chi connectivity index (χ1n) is 10.3. The second-order valence-electron chi connectivity index (χ2n) is 7.52. The fraction of sp³-hybridized carbons (Fsp3) is 0.0370. The summed E-state index contributed by atoms with van der Waals surface area (Å²) in [6, 6.07) is 24.5. The molecular weight excluding hydrogens is 437 g/mol. The van der Waals surface area contributed by atoms with Gasteiger partial charge < -0.3 is 10.1 Å². The predicted molar refractivity (Wildman–Crippen MR) is 132 cm³/mol. The average molecular weight is 456 g/mol. The summed E-state index contributed by atoms with van der Waals surface area (Å²) < 4.78 is 19.1. The fourth-order valence-corrected chi connectivity index (χ4v) is 3.88. The fourth-order valence-electron chi connectivity index (χ4n) is 3.70. The topological polar surface area (TPSA) is 47.0 Å². The van der Waals surface area contributed by atoms with E-state index in [0.717, 1.165) is 38.9 Å². The maximum absolute atomic E-state index is 13.7. The van der Waals surface area contributed by atoms with Gasteiger partial charge in [0, 0.05) is 29.0 Å². The highest BCUT2D eigenvalue weighted by Gasteiger charge is 2.12. The molecule has 0 unspecified atom stereocenters. The molecule has 0 amide bonds. The Bertz CT molecular complexity index is 1460. The number of hydrogen-bond acceptors (Lipinski definition) is 4. The molecule has 0 saturated heterocycles. The first-order valence-corrected chi connectivity index (χ1v) is 10.7. The molecule has 0 aliphatic rings. The number of hydrogen-bond donors (Lipinski definition) is 1. The molecule has 3 aromatic carbocycles. The van der Waals surface area contributed by atoms with E-state index in [2.05, 4.69) is 28.5 Å². The van der Waals surface area contributed by atoms with E-state index in [0.29, 0.717) is 11.5 Å². The van der Waals surface area contributed by atoms with Crippen molar-refractivity contribution in [2.75, 3.05) is 12.4 Å². The van der Waals surface area contributed by atoms with Crippen LogP contribution in [-0.4, -0.2) is 17.1 Å². The molecule has 0 aliphatic carbocycles. The largest absolute Gasteiger partial charge is 0.497 e. The van der Waals surface area contributed by atoms with E-state index in [1.165, 1.54) is 6.07 Å². The lowest BCUT2D eigenvalue weighted by atomic mass is 10.0. The van der Waals surface area contributed by atoms with Crippen molar-refractivity contribution in [1.29, 1.82) is 0 Å². The van der Waals surface area contributed by atoms with Gasteiger partial charge in [0.1, 0.15) is 17.4 Å². The number of rotatable bonds is 5. The molecule has 0 saturated carbocycles. The lowest BCUT2D eigenvalue weighted by Gasteiger charge is -2.14. The van der Waals surface area contributed by atoms with Crippen LogP contribution in [0.1, 0.15) is 0 Å². The third-order valence-corrected chi connectivity index (χ3v) is 5.67. The molecule has 5 rings (SSSR count). The van der Waals surface area contributed by atoms with E-state index in [-0.39, 0.29) is 5.02 Å². The van der Waals surface area contributed by atoms with Gasteiger partial charge in [0.15, 0.2) is 0 Å². The SMILES string of the molecule is COc1cccc(-c2ccc3cc(-c4cccnc4)nc(Nc4ccc(F)c(Cl)c4)c3c2)c1. The molecular formula is C27H19ClFN3O. The Hall–Kier alpha value is -3.96. The van der Waals surface area contributed by atoms with Crippen LogP contribution in [0.3, 0.4) is 0 Å². The first kappa shape index (κ1) is 20.9. The van der Waals surface area contributed by atoms with Crippen LogP contribution in [0.2, 0.25) is 5.02 Å². The van der Waals surface area contributed by atoms with E-state index < -0.39 is 5.82 Å². The highest BCUT2D eigenvalue weighted by molar-refractivity contribution is 6.31. The maximum Gasteiger partial charge on any atom is 0.141 e. The number of methoxy groups -OCH3 is 1. The molecule has 0 spiro atoms. The van der Waals surface area contributed by atoms with Gasteiger partial charge in [-0.1, -0.05) is 35.9 Å². The Morgan fingerprint density at radius 2 is 1.73 bits per heavy atom. The number of aromatic nitrogens is 2. The zero-order valence-corrected chi connectivity index (χ0v) is 18.5. The van der Waals surface area contributed by atoms with Crippen LogP contribution in [0.4, 0.5) is 15.9 Å². The minimum Gasteiger partial charge on any atom is -0.497 e. The van der Waals surface area contributed by atoms with E-state index in [9.17, 15) is 4.39 Å². The van der Waals surface area contributed by atoms with Gasteiger partial charge in [-0.05, 0) is 71.1 Å². The van der Waals surface area contributed by atoms with E-state index in [4.69, 9.17) is 21.3 Å². The van der Waals surface area contributed by atoms with Crippen molar-refractivity contribution >= 4 is 33.9 Å². The van der Waals surface area contributed by atoms with Gasteiger partial charge in [-0.25, -0.2) is 9.37 Å². The van der Waals surface area contributed by atoms with Gasteiger partial charge in [-0.2, -0.15) is 0 Å². The number of halogens is 2. The van der Waals surface area contributed by atoms with Gasteiger partial charge in [-0.15, -0.1) is 0 Å². The Labute approximate surface area is 195 Å². The van der Waals surface area contributed by atoms with Crippen LogP contribution in [0.15, 0.2) is 91.3 Å². The molecule has 6 heteroatoms. The van der Waals surface area contributed by atoms with Crippen molar-refractivity contribution < 1.29 is 9.13 Å². The normalized spacial score (nSPS) is 10.9. The van der Waals surface area contributed by atoms with Crippen molar-refractivity contribution in [2.24, 2.45) is 0 Å². The summed E-state index contributed by atoms with van der Waals surface area (Å²) in [7, 11) is 1.65. The predicted octanol–water partition coefficient (Wildman–Crippen LogP) is 7.51. The van der Waals surface area contributed by atoms with Crippen LogP contribution in [0.5, 0.6) is 5.75 Å². The van der Waals surface area contributed by atoms with Crippen LogP contribution in [-0.2, 0) is 0 Å². The molecule has 33 heavy (non-hydrogen) atoms. The lowest BCUT2D eigenvalue weighted by molar-refractivity contribution is 0.415. The van der Waals surface area contributed by atoms with E-state index in [1.54, 1.807) is 31.6 Å². The van der Waals surface area contributed by atoms with Gasteiger partial charge in [0.05, 0.1) is 17.8 Å². The number of nitrogens with zero attached hydrogens (tertiary/aromatic N) is 2. The van der Waals surface area contributed by atoms with Crippen molar-refractivity contribution in [2.45, 2.75) is 0 Å². The van der Waals surface area contributed by atoms with Crippen molar-refractivity contribution in [3.05, 3.63) is 102 Å². The summed E-state index contributed by atoms with van der Waals surface area (Å²) in [5, 5.41) is 5.29. The van der Waals surface area contributed by atoms with Crippen molar-refractivity contribution in [3.63, 3.8) is 0 Å². The molecule has 1 N–H and O–H groups in total. The molecule has 0 fully saturated rings. The van der Waals surface area contributed by atoms with E-state index in [1.807, 2.05) is 42.5 Å². The third-order valence-electron chi connectivity index (χ3n) is 5.38. The highest BCUT2D eigenvalue weighted by Crippen LogP contribution is 2.34. The molecule has 2 heterocycles. The van der Waals surface area contributed by atoms with Gasteiger partial charge in [-0.3, -0.25) is 4.98 Å². The maximum atomic E-state index is 13.7. The number of pyridine rings is 2. The first-order chi connectivity index (χ1) is 16.1. The van der Waals surface area contributed by atoms with Crippen molar-refractivity contribution in [1.82, 2.24) is 9.97 Å². The van der Waals surface area contributed by atoms with Crippen LogP contribution < -0.4 is 10.1 Å². The van der Waals surface area contributed by atoms with Gasteiger partial charge in [0.2, 0.25) is 0 Å². The standard InChI is InChI=1S/C27H19ClFN3O/c1-33-22-6-2-4-17(12-22)18-7-8-19-14-26(20-5-3-11-30-16-20)32-27(23(19)13-18)31-21-9-10-25(29)24(28)15-21/h2-16H,1H3,(H,31,32). The minimum atomic E-state index is -0.468. The number of benzene rings is 3. The summed E-state index contributed by atoms with van der Waals surface area (Å²) in [6.07, 6.45) is 3.50. The van der Waals surface area contributed by atoms with Gasteiger partial charge >= 0.3 is 0 Å². The number of anilines is 2. The summed E-state index contributed by atoms with van der Waals surface area (Å²) in [4.78, 5) is 9.09. The lowest BCUT2D eigenvalue weighted by Crippen LogP contribution is -1.98. The summed E-state index contributed by atoms with van der Waals surface area (Å²) in [5.41, 5.74) is 4.38. The molecule has 0 atom stereocenters. The summed E-state index contributed by atoms with van der Waals surface area (Å²) in [5.74, 6) is 0.958. The second-order valence-corrected chi connectivity index (χ2v) is 7.93. The molecule has 2 aromatic heterocycles. The Morgan fingerprint density at radius 3 is 2.52 bits per heavy atom. The summed E-state index contributed by atoms with van der Waals surface area (Å²) in [6.45, 7) is 0. The Balaban J connectivity index is 1.67. The minimum absolute atomic E-state index is 0.0461. The average Bonchev–Trinajstić information content (AvgIpc) is 2.86. The van der Waals surface area contributed by atoms with Crippen LogP contribution >= 0.6 is 11.6 Å². The Morgan fingerprint density at radius 1 is 0.879 bits per heavy atom. The number of ether oxygens (including phenoxy) is 1. The second kappa shape index (κ2) is 8.88. The van der Waals surface area contributed by atoms with Gasteiger partial charge in [0.25, 0.3) is 0 Å². The highest BCUT2D eigenvalue weighted by atomic mass is 35.5.